The highest BCUT2D eigenvalue weighted by Crippen LogP contribution is 2.20. The Balaban J connectivity index is 2.00. The van der Waals surface area contributed by atoms with Crippen molar-refractivity contribution in [1.29, 1.82) is 0 Å². The summed E-state index contributed by atoms with van der Waals surface area (Å²) in [4.78, 5) is 12.4. The number of hydrogen-bond acceptors (Lipinski definition) is 3. The van der Waals surface area contributed by atoms with Crippen LogP contribution in [-0.2, 0) is 23.8 Å². The number of nitrogens with one attached hydrogen (secondary N) is 1. The molecule has 0 aliphatic carbocycles. The highest BCUT2D eigenvalue weighted by molar-refractivity contribution is 9.10. The van der Waals surface area contributed by atoms with Crippen molar-refractivity contribution >= 4 is 21.8 Å². The van der Waals surface area contributed by atoms with Gasteiger partial charge in [0.1, 0.15) is 5.54 Å². The van der Waals surface area contributed by atoms with E-state index in [0.29, 0.717) is 6.54 Å². The molecule has 2 aromatic rings. The van der Waals surface area contributed by atoms with Gasteiger partial charge in [-0.3, -0.25) is 9.48 Å². The van der Waals surface area contributed by atoms with Crippen molar-refractivity contribution in [3.05, 3.63) is 51.3 Å². The first-order valence-corrected chi connectivity index (χ1v) is 8.35. The van der Waals surface area contributed by atoms with Crippen LogP contribution in [0.3, 0.4) is 0 Å². The van der Waals surface area contributed by atoms with Crippen molar-refractivity contribution in [2.75, 3.05) is 6.54 Å². The van der Waals surface area contributed by atoms with Crippen LogP contribution in [0.4, 0.5) is 0 Å². The minimum absolute atomic E-state index is 0.181. The highest BCUT2D eigenvalue weighted by Gasteiger charge is 2.30. The second kappa shape index (κ2) is 6.84. The number of rotatable bonds is 5. The van der Waals surface area contributed by atoms with Gasteiger partial charge >= 0.3 is 0 Å². The van der Waals surface area contributed by atoms with E-state index in [-0.39, 0.29) is 5.91 Å². The van der Waals surface area contributed by atoms with Crippen molar-refractivity contribution in [3.63, 3.8) is 0 Å². The summed E-state index contributed by atoms with van der Waals surface area (Å²) in [6.07, 6.45) is 0.744. The van der Waals surface area contributed by atoms with Crippen LogP contribution in [0.5, 0.6) is 0 Å². The van der Waals surface area contributed by atoms with Crippen LogP contribution in [0.15, 0.2) is 28.7 Å². The predicted octanol–water partition coefficient (Wildman–Crippen LogP) is 2.33. The molecule has 1 atom stereocenters. The maximum absolute atomic E-state index is 12.4. The SMILES string of the molecule is Cc1nn(C)c(C)c1CCNC(=O)C(C)(N)c1ccc(Br)cc1. The molecule has 6 heteroatoms. The molecule has 1 heterocycles. The Morgan fingerprint density at radius 3 is 2.48 bits per heavy atom. The second-order valence-electron chi connectivity index (χ2n) is 5.99. The van der Waals surface area contributed by atoms with Gasteiger partial charge in [-0.05, 0) is 50.5 Å². The highest BCUT2D eigenvalue weighted by atomic mass is 79.9. The average Bonchev–Trinajstić information content (AvgIpc) is 2.73. The van der Waals surface area contributed by atoms with Gasteiger partial charge in [0.2, 0.25) is 5.91 Å². The zero-order valence-electron chi connectivity index (χ0n) is 14.0. The number of aryl methyl sites for hydroxylation is 2. The Morgan fingerprint density at radius 1 is 1.35 bits per heavy atom. The summed E-state index contributed by atoms with van der Waals surface area (Å²) in [5.74, 6) is -0.181. The topological polar surface area (TPSA) is 72.9 Å². The van der Waals surface area contributed by atoms with Gasteiger partial charge in [-0.25, -0.2) is 0 Å². The van der Waals surface area contributed by atoms with Crippen LogP contribution in [0.1, 0.15) is 29.4 Å². The summed E-state index contributed by atoms with van der Waals surface area (Å²) in [5, 5.41) is 7.32. The molecule has 0 saturated heterocycles. The largest absolute Gasteiger partial charge is 0.354 e. The smallest absolute Gasteiger partial charge is 0.244 e. The lowest BCUT2D eigenvalue weighted by atomic mass is 9.92. The third-order valence-electron chi connectivity index (χ3n) is 4.24. The molecule has 5 nitrogen and oxygen atoms in total. The number of carbonyl (C=O) groups excluding carboxylic acids is 1. The predicted molar refractivity (Wildman–Crippen MR) is 95.1 cm³/mol. The van der Waals surface area contributed by atoms with E-state index in [1.807, 2.05) is 49.8 Å². The van der Waals surface area contributed by atoms with Gasteiger partial charge in [-0.1, -0.05) is 28.1 Å². The van der Waals surface area contributed by atoms with Crippen LogP contribution >= 0.6 is 15.9 Å². The monoisotopic (exact) mass is 378 g/mol. The molecular formula is C17H23BrN4O. The molecule has 0 fully saturated rings. The Morgan fingerprint density at radius 2 is 1.96 bits per heavy atom. The molecule has 3 N–H and O–H groups in total. The molecule has 0 aliphatic heterocycles. The number of amides is 1. The molecule has 1 amide bonds. The summed E-state index contributed by atoms with van der Waals surface area (Å²) in [5.41, 5.74) is 9.26. The summed E-state index contributed by atoms with van der Waals surface area (Å²) in [6.45, 7) is 6.28. The van der Waals surface area contributed by atoms with E-state index < -0.39 is 5.54 Å². The number of aromatic nitrogens is 2. The number of carbonyl (C=O) groups is 1. The molecule has 1 aromatic heterocycles. The zero-order chi connectivity index (χ0) is 17.2. The third kappa shape index (κ3) is 3.82. The minimum Gasteiger partial charge on any atom is -0.354 e. The lowest BCUT2D eigenvalue weighted by Crippen LogP contribution is -2.49. The number of halogens is 1. The number of hydrogen-bond donors (Lipinski definition) is 2. The van der Waals surface area contributed by atoms with Crippen molar-refractivity contribution in [1.82, 2.24) is 15.1 Å². The standard InChI is InChI=1S/C17H23BrN4O/c1-11-15(12(2)22(4)21-11)9-10-20-16(23)17(3,19)13-5-7-14(18)8-6-13/h5-8H,9-10,19H2,1-4H3,(H,20,23). The van der Waals surface area contributed by atoms with E-state index in [1.54, 1.807) is 6.92 Å². The van der Waals surface area contributed by atoms with Crippen molar-refractivity contribution in [2.45, 2.75) is 32.7 Å². The Bertz CT molecular complexity index is 704. The normalized spacial score (nSPS) is 13.7. The summed E-state index contributed by atoms with van der Waals surface area (Å²) in [6, 6.07) is 7.49. The summed E-state index contributed by atoms with van der Waals surface area (Å²) >= 11 is 3.38. The molecule has 0 aliphatic rings. The lowest BCUT2D eigenvalue weighted by molar-refractivity contribution is -0.126. The minimum atomic E-state index is -1.06. The molecular weight excluding hydrogens is 356 g/mol. The van der Waals surface area contributed by atoms with Crippen LogP contribution in [0, 0.1) is 13.8 Å². The zero-order valence-corrected chi connectivity index (χ0v) is 15.6. The first-order valence-electron chi connectivity index (χ1n) is 7.55. The number of nitrogens with two attached hydrogens (primary N) is 1. The second-order valence-corrected chi connectivity index (χ2v) is 6.90. The molecule has 0 spiro atoms. The van der Waals surface area contributed by atoms with E-state index in [2.05, 4.69) is 26.3 Å². The average molecular weight is 379 g/mol. The molecule has 0 bridgehead atoms. The van der Waals surface area contributed by atoms with E-state index in [9.17, 15) is 4.79 Å². The van der Waals surface area contributed by atoms with Gasteiger partial charge in [0.25, 0.3) is 0 Å². The van der Waals surface area contributed by atoms with Gasteiger partial charge in [-0.2, -0.15) is 5.10 Å². The van der Waals surface area contributed by atoms with E-state index >= 15 is 0 Å². The van der Waals surface area contributed by atoms with Crippen molar-refractivity contribution < 1.29 is 4.79 Å². The van der Waals surface area contributed by atoms with Gasteiger partial charge < -0.3 is 11.1 Å². The maximum atomic E-state index is 12.4. The molecule has 0 saturated carbocycles. The summed E-state index contributed by atoms with van der Waals surface area (Å²) < 4.78 is 2.82. The van der Waals surface area contributed by atoms with Crippen LogP contribution in [-0.4, -0.2) is 22.2 Å². The van der Waals surface area contributed by atoms with E-state index in [0.717, 1.165) is 27.8 Å². The van der Waals surface area contributed by atoms with E-state index in [4.69, 9.17) is 5.73 Å². The van der Waals surface area contributed by atoms with Crippen molar-refractivity contribution in [2.24, 2.45) is 12.8 Å². The van der Waals surface area contributed by atoms with Gasteiger partial charge in [0, 0.05) is 23.8 Å². The fraction of sp³-hybridized carbons (Fsp3) is 0.412. The van der Waals surface area contributed by atoms with Crippen LogP contribution < -0.4 is 11.1 Å². The lowest BCUT2D eigenvalue weighted by Gasteiger charge is -2.24. The van der Waals surface area contributed by atoms with Crippen LogP contribution in [0.2, 0.25) is 0 Å². The molecule has 124 valence electrons. The molecule has 1 aromatic carbocycles. The molecule has 23 heavy (non-hydrogen) atoms. The first-order chi connectivity index (χ1) is 10.7. The molecule has 0 radical (unpaired) electrons. The van der Waals surface area contributed by atoms with Crippen molar-refractivity contribution in [3.8, 4) is 0 Å². The summed E-state index contributed by atoms with van der Waals surface area (Å²) in [7, 11) is 1.93. The Hall–Kier alpha value is -1.66. The Labute approximate surface area is 145 Å². The molecule has 1 unspecified atom stereocenters. The third-order valence-corrected chi connectivity index (χ3v) is 4.76. The fourth-order valence-electron chi connectivity index (χ4n) is 2.59. The van der Waals surface area contributed by atoms with Gasteiger partial charge in [0.15, 0.2) is 0 Å². The maximum Gasteiger partial charge on any atom is 0.244 e. The number of nitrogens with zero attached hydrogens (tertiary/aromatic N) is 2. The van der Waals surface area contributed by atoms with Crippen LogP contribution in [0.25, 0.3) is 0 Å². The Kier molecular flexibility index (Phi) is 5.26. The number of benzene rings is 1. The van der Waals surface area contributed by atoms with E-state index in [1.165, 1.54) is 5.56 Å². The van der Waals surface area contributed by atoms with Gasteiger partial charge in [0.05, 0.1) is 5.69 Å². The molecule has 2 rings (SSSR count). The quantitative estimate of drug-likeness (QED) is 0.838. The van der Waals surface area contributed by atoms with Gasteiger partial charge in [-0.15, -0.1) is 0 Å². The first kappa shape index (κ1) is 17.7. The fourth-order valence-corrected chi connectivity index (χ4v) is 2.86.